The second-order valence-electron chi connectivity index (χ2n) is 5.54. The highest BCUT2D eigenvalue weighted by Crippen LogP contribution is 2.11. The molecular weight excluding hydrogens is 346 g/mol. The molecule has 0 aliphatic carbocycles. The predicted molar refractivity (Wildman–Crippen MR) is 91.8 cm³/mol. The summed E-state index contributed by atoms with van der Waals surface area (Å²) in [5, 5.41) is 0. The Morgan fingerprint density at radius 3 is 2.28 bits per heavy atom. The Balaban J connectivity index is 2.19. The molecule has 0 atom stereocenters. The number of carbonyl (C=O) groups is 2. The summed E-state index contributed by atoms with van der Waals surface area (Å²) in [5.41, 5.74) is 2.13. The molecule has 1 aromatic carbocycles. The Morgan fingerprint density at radius 1 is 0.960 bits per heavy atom. The third-order valence-corrected chi connectivity index (χ3v) is 4.63. The summed E-state index contributed by atoms with van der Waals surface area (Å²) in [6, 6.07) is 7.31. The van der Waals surface area contributed by atoms with E-state index in [9.17, 15) is 18.0 Å². The van der Waals surface area contributed by atoms with Gasteiger partial charge in [0, 0.05) is 6.42 Å². The molecule has 7 nitrogen and oxygen atoms in total. The van der Waals surface area contributed by atoms with E-state index in [-0.39, 0.29) is 11.3 Å². The fourth-order valence-corrected chi connectivity index (χ4v) is 2.95. The molecule has 0 aliphatic rings. The quantitative estimate of drug-likeness (QED) is 0.343. The van der Waals surface area contributed by atoms with E-state index in [4.69, 9.17) is 0 Å². The summed E-state index contributed by atoms with van der Waals surface area (Å²) < 4.78 is 28.0. The van der Waals surface area contributed by atoms with Gasteiger partial charge < -0.3 is 9.02 Å². The fourth-order valence-electron chi connectivity index (χ4n) is 2.06. The van der Waals surface area contributed by atoms with Crippen molar-refractivity contribution in [3.8, 4) is 0 Å². The van der Waals surface area contributed by atoms with Gasteiger partial charge in [0.05, 0.1) is 0 Å². The molecule has 0 heterocycles. The van der Waals surface area contributed by atoms with Gasteiger partial charge in [0.2, 0.25) is 0 Å². The van der Waals surface area contributed by atoms with Crippen molar-refractivity contribution in [1.29, 1.82) is 0 Å². The van der Waals surface area contributed by atoms with Gasteiger partial charge in [-0.1, -0.05) is 57.2 Å². The number of unbranched alkanes of at least 4 members (excludes halogenated alkanes) is 5. The zero-order valence-electron chi connectivity index (χ0n) is 14.4. The van der Waals surface area contributed by atoms with Gasteiger partial charge in [0.1, 0.15) is 11.4 Å². The molecule has 1 aromatic rings. The summed E-state index contributed by atoms with van der Waals surface area (Å²) in [6.45, 7) is 1.59. The minimum absolute atomic E-state index is 0.122. The topological polar surface area (TPSA) is 98.8 Å². The monoisotopic (exact) mass is 371 g/mol. The maximum Gasteiger partial charge on any atom is 0.341 e. The number of nitrogens with one attached hydrogen (secondary N) is 1. The molecule has 0 radical (unpaired) electrons. The van der Waals surface area contributed by atoms with E-state index in [1.54, 1.807) is 6.07 Å². The van der Waals surface area contributed by atoms with Crippen molar-refractivity contribution < 1.29 is 27.0 Å². The van der Waals surface area contributed by atoms with Crippen molar-refractivity contribution in [3.63, 3.8) is 0 Å². The maximum atomic E-state index is 11.8. The van der Waals surface area contributed by atoms with E-state index >= 15 is 0 Å². The summed E-state index contributed by atoms with van der Waals surface area (Å²) in [6.07, 6.45) is 6.52. The second kappa shape index (κ2) is 11.6. The van der Waals surface area contributed by atoms with Gasteiger partial charge in [-0.05, 0) is 18.6 Å². The van der Waals surface area contributed by atoms with Crippen LogP contribution in [0.25, 0.3) is 0 Å². The Labute approximate surface area is 148 Å². The lowest BCUT2D eigenvalue weighted by molar-refractivity contribution is -0.153. The van der Waals surface area contributed by atoms with Crippen LogP contribution < -0.4 is 5.48 Å². The Morgan fingerprint density at radius 2 is 1.60 bits per heavy atom. The fraction of sp³-hybridized carbons (Fsp3) is 0.529. The van der Waals surface area contributed by atoms with Gasteiger partial charge in [-0.2, -0.15) is 8.42 Å². The first kappa shape index (κ1) is 21.1. The maximum absolute atomic E-state index is 11.8. The van der Waals surface area contributed by atoms with Crippen molar-refractivity contribution in [2.45, 2.75) is 56.8 Å². The van der Waals surface area contributed by atoms with Crippen LogP contribution in [0.5, 0.6) is 0 Å². The molecule has 0 aromatic heterocycles. The standard InChI is InChI=1S/C17H25NO6S/c1-2-3-4-5-6-10-13-16(19)23-18-14-17(20)24-25(21,22)15-11-8-7-9-12-15/h7-9,11-12,18H,2-6,10,13-14H2,1H3. The van der Waals surface area contributed by atoms with Gasteiger partial charge in [0.25, 0.3) is 0 Å². The molecule has 0 fully saturated rings. The van der Waals surface area contributed by atoms with Crippen LogP contribution in [0.3, 0.4) is 0 Å². The Bertz CT molecular complexity index is 630. The molecule has 0 amide bonds. The van der Waals surface area contributed by atoms with Crippen LogP contribution in [0.15, 0.2) is 35.2 Å². The predicted octanol–water partition coefficient (Wildman–Crippen LogP) is 2.72. The van der Waals surface area contributed by atoms with Crippen LogP contribution in [-0.2, 0) is 28.7 Å². The van der Waals surface area contributed by atoms with Gasteiger partial charge in [0.15, 0.2) is 0 Å². The highest BCUT2D eigenvalue weighted by Gasteiger charge is 2.19. The molecule has 0 saturated carbocycles. The minimum Gasteiger partial charge on any atom is -0.370 e. The SMILES string of the molecule is CCCCCCCCC(=O)ONCC(=O)OS(=O)(=O)c1ccccc1. The van der Waals surface area contributed by atoms with Crippen LogP contribution in [0.2, 0.25) is 0 Å². The van der Waals surface area contributed by atoms with Crippen molar-refractivity contribution in [2.75, 3.05) is 6.54 Å². The normalized spacial score (nSPS) is 11.1. The molecule has 0 spiro atoms. The van der Waals surface area contributed by atoms with Crippen molar-refractivity contribution in [3.05, 3.63) is 30.3 Å². The molecule has 1 N–H and O–H groups in total. The second-order valence-corrected chi connectivity index (χ2v) is 7.08. The highest BCUT2D eigenvalue weighted by molar-refractivity contribution is 7.87. The van der Waals surface area contributed by atoms with Crippen LogP contribution >= 0.6 is 0 Å². The lowest BCUT2D eigenvalue weighted by atomic mass is 10.1. The number of hydrogen-bond acceptors (Lipinski definition) is 7. The van der Waals surface area contributed by atoms with Gasteiger partial charge >= 0.3 is 22.1 Å². The number of rotatable bonds is 12. The molecule has 0 aliphatic heterocycles. The number of hydrogen-bond donors (Lipinski definition) is 1. The van der Waals surface area contributed by atoms with Crippen LogP contribution in [0.4, 0.5) is 0 Å². The van der Waals surface area contributed by atoms with E-state index in [2.05, 4.69) is 21.4 Å². The van der Waals surface area contributed by atoms with Crippen molar-refractivity contribution in [2.24, 2.45) is 0 Å². The lowest BCUT2D eigenvalue weighted by Gasteiger charge is -2.07. The summed E-state index contributed by atoms with van der Waals surface area (Å²) in [4.78, 5) is 27.5. The first-order valence-electron chi connectivity index (χ1n) is 8.40. The van der Waals surface area contributed by atoms with Gasteiger partial charge in [-0.25, -0.2) is 4.79 Å². The van der Waals surface area contributed by atoms with E-state index in [0.29, 0.717) is 0 Å². The molecule has 8 heteroatoms. The van der Waals surface area contributed by atoms with E-state index in [1.165, 1.54) is 37.1 Å². The summed E-state index contributed by atoms with van der Waals surface area (Å²) >= 11 is 0. The van der Waals surface area contributed by atoms with Crippen LogP contribution in [0.1, 0.15) is 51.9 Å². The van der Waals surface area contributed by atoms with Crippen molar-refractivity contribution >= 4 is 22.1 Å². The molecule has 0 saturated heterocycles. The first-order valence-corrected chi connectivity index (χ1v) is 9.81. The average molecular weight is 371 g/mol. The molecule has 25 heavy (non-hydrogen) atoms. The van der Waals surface area contributed by atoms with Crippen molar-refractivity contribution in [1.82, 2.24) is 5.48 Å². The number of benzene rings is 1. The molecule has 0 unspecified atom stereocenters. The van der Waals surface area contributed by atoms with Crippen LogP contribution in [-0.4, -0.2) is 26.9 Å². The highest BCUT2D eigenvalue weighted by atomic mass is 32.2. The van der Waals surface area contributed by atoms with E-state index in [1.807, 2.05) is 0 Å². The first-order chi connectivity index (χ1) is 12.0. The van der Waals surface area contributed by atoms with E-state index < -0.39 is 28.6 Å². The smallest absolute Gasteiger partial charge is 0.341 e. The third kappa shape index (κ3) is 9.21. The Hall–Kier alpha value is -1.93. The zero-order chi connectivity index (χ0) is 18.5. The lowest BCUT2D eigenvalue weighted by Crippen LogP contribution is -2.29. The van der Waals surface area contributed by atoms with Gasteiger partial charge in [-0.3, -0.25) is 4.79 Å². The summed E-state index contributed by atoms with van der Waals surface area (Å²) in [7, 11) is -4.17. The molecular formula is C17H25NO6S. The number of carbonyl (C=O) groups excluding carboxylic acids is 2. The summed E-state index contributed by atoms with van der Waals surface area (Å²) in [5.74, 6) is -1.55. The molecule has 1 rings (SSSR count). The van der Waals surface area contributed by atoms with Gasteiger partial charge in [-0.15, -0.1) is 5.48 Å². The molecule has 0 bridgehead atoms. The largest absolute Gasteiger partial charge is 0.370 e. The minimum atomic E-state index is -4.17. The Kier molecular flexibility index (Phi) is 9.79. The number of hydroxylamine groups is 1. The molecule has 140 valence electrons. The third-order valence-electron chi connectivity index (χ3n) is 3.37. The van der Waals surface area contributed by atoms with E-state index in [0.717, 1.165) is 25.7 Å². The zero-order valence-corrected chi connectivity index (χ0v) is 15.2. The van der Waals surface area contributed by atoms with Crippen LogP contribution in [0, 0.1) is 0 Å². The average Bonchev–Trinajstić information content (AvgIpc) is 2.58.